The van der Waals surface area contributed by atoms with Crippen molar-refractivity contribution in [1.29, 1.82) is 0 Å². The smallest absolute Gasteiger partial charge is 0.128 e. The number of benzene rings is 1. The van der Waals surface area contributed by atoms with Crippen molar-refractivity contribution < 1.29 is 9.47 Å². The Labute approximate surface area is 114 Å². The van der Waals surface area contributed by atoms with Crippen LogP contribution in [0.25, 0.3) is 0 Å². The number of ether oxygens (including phenoxy) is 2. The van der Waals surface area contributed by atoms with Gasteiger partial charge in [0, 0.05) is 25.2 Å². The van der Waals surface area contributed by atoms with Crippen LogP contribution in [-0.4, -0.2) is 50.6 Å². The maximum Gasteiger partial charge on any atom is 0.128 e. The van der Waals surface area contributed by atoms with Crippen LogP contribution in [0.5, 0.6) is 5.75 Å². The number of nitrogens with zero attached hydrogens (tertiary/aromatic N) is 2. The third kappa shape index (κ3) is 4.54. The molecule has 104 valence electrons. The van der Waals surface area contributed by atoms with Crippen molar-refractivity contribution in [3.63, 3.8) is 0 Å². The second-order valence-electron chi connectivity index (χ2n) is 4.47. The second kappa shape index (κ2) is 7.76. The molecule has 0 aliphatic carbocycles. The van der Waals surface area contributed by atoms with Crippen LogP contribution in [0.4, 0.5) is 0 Å². The van der Waals surface area contributed by atoms with Crippen molar-refractivity contribution in [2.45, 2.75) is 6.42 Å². The molecule has 2 rings (SSSR count). The Bertz CT molecular complexity index is 403. The van der Waals surface area contributed by atoms with Crippen molar-refractivity contribution in [1.82, 2.24) is 4.90 Å². The maximum atomic E-state index is 5.78. The molecule has 0 atom stereocenters. The maximum absolute atomic E-state index is 5.78. The number of hydrogen-bond donors (Lipinski definition) is 1. The first-order chi connectivity index (χ1) is 9.40. The van der Waals surface area contributed by atoms with Gasteiger partial charge >= 0.3 is 0 Å². The molecule has 1 aromatic rings. The highest BCUT2D eigenvalue weighted by atomic mass is 16.5. The number of hydrogen-bond acceptors (Lipinski definition) is 5. The van der Waals surface area contributed by atoms with Crippen molar-refractivity contribution in [3.8, 4) is 5.75 Å². The molecule has 19 heavy (non-hydrogen) atoms. The SMILES string of the molecule is NN=Cc1ccccc1OCCCN1CCOCC1. The summed E-state index contributed by atoms with van der Waals surface area (Å²) in [7, 11) is 0. The Hall–Kier alpha value is -1.59. The quantitative estimate of drug-likeness (QED) is 0.361. The average molecular weight is 263 g/mol. The van der Waals surface area contributed by atoms with E-state index in [9.17, 15) is 0 Å². The Morgan fingerprint density at radius 2 is 2.11 bits per heavy atom. The lowest BCUT2D eigenvalue weighted by Crippen LogP contribution is -2.37. The number of morpholine rings is 1. The molecule has 0 bridgehead atoms. The van der Waals surface area contributed by atoms with Crippen molar-refractivity contribution in [2.75, 3.05) is 39.5 Å². The molecule has 5 nitrogen and oxygen atoms in total. The molecule has 1 fully saturated rings. The first-order valence-corrected chi connectivity index (χ1v) is 6.65. The van der Waals surface area contributed by atoms with Gasteiger partial charge in [0.2, 0.25) is 0 Å². The summed E-state index contributed by atoms with van der Waals surface area (Å²) >= 11 is 0. The van der Waals surface area contributed by atoms with E-state index in [2.05, 4.69) is 10.0 Å². The van der Waals surface area contributed by atoms with Crippen LogP contribution in [0, 0.1) is 0 Å². The number of rotatable bonds is 6. The Morgan fingerprint density at radius 3 is 2.89 bits per heavy atom. The first kappa shape index (κ1) is 13.8. The Balaban J connectivity index is 1.73. The fraction of sp³-hybridized carbons (Fsp3) is 0.500. The van der Waals surface area contributed by atoms with Crippen LogP contribution in [-0.2, 0) is 4.74 Å². The van der Waals surface area contributed by atoms with Gasteiger partial charge in [0.05, 0.1) is 26.0 Å². The van der Waals surface area contributed by atoms with Crippen LogP contribution in [0.1, 0.15) is 12.0 Å². The van der Waals surface area contributed by atoms with E-state index in [1.54, 1.807) is 6.21 Å². The normalized spacial score (nSPS) is 16.8. The lowest BCUT2D eigenvalue weighted by molar-refractivity contribution is 0.0358. The van der Waals surface area contributed by atoms with E-state index in [4.69, 9.17) is 15.3 Å². The van der Waals surface area contributed by atoms with E-state index in [1.807, 2.05) is 24.3 Å². The van der Waals surface area contributed by atoms with Gasteiger partial charge in [-0.25, -0.2) is 0 Å². The second-order valence-corrected chi connectivity index (χ2v) is 4.47. The summed E-state index contributed by atoms with van der Waals surface area (Å²) in [4.78, 5) is 2.40. The Kier molecular flexibility index (Phi) is 5.65. The minimum atomic E-state index is 0.701. The van der Waals surface area contributed by atoms with E-state index >= 15 is 0 Å². The zero-order valence-corrected chi connectivity index (χ0v) is 11.1. The predicted octanol–water partition coefficient (Wildman–Crippen LogP) is 1.08. The summed E-state index contributed by atoms with van der Waals surface area (Å²) in [5.74, 6) is 6.01. The van der Waals surface area contributed by atoms with Gasteiger partial charge in [-0.3, -0.25) is 4.90 Å². The molecule has 1 aliphatic rings. The van der Waals surface area contributed by atoms with Crippen molar-refractivity contribution in [2.24, 2.45) is 10.9 Å². The van der Waals surface area contributed by atoms with Crippen molar-refractivity contribution in [3.05, 3.63) is 29.8 Å². The van der Waals surface area contributed by atoms with Crippen LogP contribution < -0.4 is 10.6 Å². The average Bonchev–Trinajstić information content (AvgIpc) is 2.47. The van der Waals surface area contributed by atoms with Gasteiger partial charge in [-0.2, -0.15) is 5.10 Å². The molecular formula is C14H21N3O2. The van der Waals surface area contributed by atoms with E-state index in [-0.39, 0.29) is 0 Å². The molecule has 0 saturated carbocycles. The highest BCUT2D eigenvalue weighted by molar-refractivity contribution is 5.83. The van der Waals surface area contributed by atoms with Gasteiger partial charge in [0.1, 0.15) is 5.75 Å². The summed E-state index contributed by atoms with van der Waals surface area (Å²) in [6, 6.07) is 7.77. The molecule has 0 amide bonds. The molecule has 1 aliphatic heterocycles. The lowest BCUT2D eigenvalue weighted by Gasteiger charge is -2.26. The minimum Gasteiger partial charge on any atom is -0.493 e. The largest absolute Gasteiger partial charge is 0.493 e. The van der Waals surface area contributed by atoms with Crippen molar-refractivity contribution >= 4 is 6.21 Å². The zero-order valence-electron chi connectivity index (χ0n) is 11.1. The highest BCUT2D eigenvalue weighted by Gasteiger charge is 2.09. The summed E-state index contributed by atoms with van der Waals surface area (Å²) in [6.07, 6.45) is 2.62. The molecule has 0 spiro atoms. The van der Waals surface area contributed by atoms with Crippen LogP contribution >= 0.6 is 0 Å². The fourth-order valence-electron chi connectivity index (χ4n) is 2.09. The fourth-order valence-corrected chi connectivity index (χ4v) is 2.09. The number of nitrogens with two attached hydrogens (primary N) is 1. The summed E-state index contributed by atoms with van der Waals surface area (Å²) < 4.78 is 11.1. The third-order valence-corrected chi connectivity index (χ3v) is 3.11. The first-order valence-electron chi connectivity index (χ1n) is 6.65. The molecule has 2 N–H and O–H groups in total. The molecule has 1 saturated heterocycles. The molecular weight excluding hydrogens is 242 g/mol. The monoisotopic (exact) mass is 263 g/mol. The van der Waals surface area contributed by atoms with Gasteiger partial charge in [0.15, 0.2) is 0 Å². The van der Waals surface area contributed by atoms with E-state index in [0.717, 1.165) is 50.6 Å². The number of hydrazone groups is 1. The number of para-hydroxylation sites is 1. The van der Waals surface area contributed by atoms with E-state index < -0.39 is 0 Å². The zero-order chi connectivity index (χ0) is 13.3. The summed E-state index contributed by atoms with van der Waals surface area (Å²) in [5.41, 5.74) is 0.913. The third-order valence-electron chi connectivity index (χ3n) is 3.11. The minimum absolute atomic E-state index is 0.701. The molecule has 5 heteroatoms. The predicted molar refractivity (Wildman–Crippen MR) is 75.6 cm³/mol. The standard InChI is InChI=1S/C14H21N3O2/c15-16-12-13-4-1-2-5-14(13)19-9-3-6-17-7-10-18-11-8-17/h1-2,4-5,12H,3,6-11,15H2. The van der Waals surface area contributed by atoms with E-state index in [1.165, 1.54) is 0 Å². The van der Waals surface area contributed by atoms with E-state index in [0.29, 0.717) is 6.61 Å². The summed E-state index contributed by atoms with van der Waals surface area (Å²) in [6.45, 7) is 5.49. The van der Waals surface area contributed by atoms with Gasteiger partial charge in [-0.15, -0.1) is 0 Å². The van der Waals surface area contributed by atoms with Crippen LogP contribution in [0.15, 0.2) is 29.4 Å². The highest BCUT2D eigenvalue weighted by Crippen LogP contribution is 2.15. The molecule has 1 aromatic carbocycles. The lowest BCUT2D eigenvalue weighted by atomic mass is 10.2. The van der Waals surface area contributed by atoms with Gasteiger partial charge < -0.3 is 15.3 Å². The Morgan fingerprint density at radius 1 is 1.32 bits per heavy atom. The molecule has 0 radical (unpaired) electrons. The molecule has 1 heterocycles. The topological polar surface area (TPSA) is 60.1 Å². The van der Waals surface area contributed by atoms with Crippen LogP contribution in [0.3, 0.4) is 0 Å². The van der Waals surface area contributed by atoms with Gasteiger partial charge in [0.25, 0.3) is 0 Å². The van der Waals surface area contributed by atoms with Gasteiger partial charge in [-0.05, 0) is 18.6 Å². The van der Waals surface area contributed by atoms with Gasteiger partial charge in [-0.1, -0.05) is 12.1 Å². The molecule has 0 unspecified atom stereocenters. The molecule has 0 aromatic heterocycles. The summed E-state index contributed by atoms with van der Waals surface area (Å²) in [5, 5.41) is 3.54. The van der Waals surface area contributed by atoms with Crippen LogP contribution in [0.2, 0.25) is 0 Å².